The molecule has 1 aromatic rings. The highest BCUT2D eigenvalue weighted by atomic mass is 32.2. The summed E-state index contributed by atoms with van der Waals surface area (Å²) in [5.41, 5.74) is 0.811. The van der Waals surface area contributed by atoms with Crippen LogP contribution in [0, 0.1) is 0 Å². The number of carbonyl (C=O) groups is 1. The van der Waals surface area contributed by atoms with Gasteiger partial charge < -0.3 is 4.74 Å². The maximum Gasteiger partial charge on any atom is 0.175 e. The molecule has 0 aromatic heterocycles. The van der Waals surface area contributed by atoms with E-state index in [0.717, 1.165) is 23.5 Å². The Morgan fingerprint density at radius 3 is 2.56 bits per heavy atom. The van der Waals surface area contributed by atoms with Crippen molar-refractivity contribution in [2.24, 2.45) is 0 Å². The zero-order chi connectivity index (χ0) is 13.0. The standard InChI is InChI=1S/C15H20O2S/c1-11(2)17-13-8-6-12(7-9-13)15(16)14-5-3-4-10-18-14/h6-9,11,14H,3-5,10H2,1-2H3. The van der Waals surface area contributed by atoms with E-state index in [-0.39, 0.29) is 17.1 Å². The van der Waals surface area contributed by atoms with Crippen LogP contribution in [0.25, 0.3) is 0 Å². The van der Waals surface area contributed by atoms with Crippen LogP contribution in [-0.2, 0) is 0 Å². The molecular formula is C15H20O2S. The lowest BCUT2D eigenvalue weighted by Crippen LogP contribution is -2.20. The van der Waals surface area contributed by atoms with Crippen LogP contribution in [0.5, 0.6) is 5.75 Å². The molecule has 1 aromatic carbocycles. The van der Waals surface area contributed by atoms with E-state index in [2.05, 4.69) is 0 Å². The molecule has 0 aliphatic carbocycles. The second-order valence-electron chi connectivity index (χ2n) is 4.91. The van der Waals surface area contributed by atoms with Crippen molar-refractivity contribution in [3.05, 3.63) is 29.8 Å². The van der Waals surface area contributed by atoms with E-state index < -0.39 is 0 Å². The van der Waals surface area contributed by atoms with Crippen LogP contribution in [0.2, 0.25) is 0 Å². The lowest BCUT2D eigenvalue weighted by atomic mass is 10.0. The molecular weight excluding hydrogens is 244 g/mol. The second kappa shape index (κ2) is 6.28. The Morgan fingerprint density at radius 1 is 1.28 bits per heavy atom. The molecule has 0 bridgehead atoms. The number of hydrogen-bond donors (Lipinski definition) is 0. The Bertz CT molecular complexity index is 391. The van der Waals surface area contributed by atoms with Gasteiger partial charge in [-0.2, -0.15) is 11.8 Å². The Balaban J connectivity index is 2.02. The Labute approximate surface area is 113 Å². The molecule has 1 atom stereocenters. The summed E-state index contributed by atoms with van der Waals surface area (Å²) in [5.74, 6) is 2.22. The maximum absolute atomic E-state index is 12.3. The molecule has 0 N–H and O–H groups in total. The number of ether oxygens (including phenoxy) is 1. The summed E-state index contributed by atoms with van der Waals surface area (Å²) in [6.45, 7) is 4.00. The van der Waals surface area contributed by atoms with Crippen LogP contribution in [-0.4, -0.2) is 22.9 Å². The highest BCUT2D eigenvalue weighted by molar-refractivity contribution is 8.00. The molecule has 1 heterocycles. The number of thioether (sulfide) groups is 1. The van der Waals surface area contributed by atoms with Gasteiger partial charge in [0.1, 0.15) is 5.75 Å². The van der Waals surface area contributed by atoms with Gasteiger partial charge in [-0.05, 0) is 56.7 Å². The van der Waals surface area contributed by atoms with Gasteiger partial charge >= 0.3 is 0 Å². The van der Waals surface area contributed by atoms with Crippen LogP contribution in [0.3, 0.4) is 0 Å². The van der Waals surface area contributed by atoms with Gasteiger partial charge in [-0.3, -0.25) is 4.79 Å². The molecule has 0 radical (unpaired) electrons. The molecule has 98 valence electrons. The van der Waals surface area contributed by atoms with Crippen molar-refractivity contribution < 1.29 is 9.53 Å². The second-order valence-corrected chi connectivity index (χ2v) is 6.22. The zero-order valence-corrected chi connectivity index (χ0v) is 11.8. The number of rotatable bonds is 4. The van der Waals surface area contributed by atoms with Gasteiger partial charge in [0.05, 0.1) is 11.4 Å². The predicted octanol–water partition coefficient (Wildman–Crippen LogP) is 3.94. The lowest BCUT2D eigenvalue weighted by Gasteiger charge is -2.20. The van der Waals surface area contributed by atoms with E-state index in [0.29, 0.717) is 0 Å². The van der Waals surface area contributed by atoms with E-state index in [1.54, 1.807) is 11.8 Å². The summed E-state index contributed by atoms with van der Waals surface area (Å²) < 4.78 is 5.58. The predicted molar refractivity (Wildman–Crippen MR) is 76.6 cm³/mol. The van der Waals surface area contributed by atoms with Crippen molar-refractivity contribution in [3.8, 4) is 5.75 Å². The number of ketones is 1. The van der Waals surface area contributed by atoms with Crippen LogP contribution in [0.1, 0.15) is 43.5 Å². The molecule has 0 spiro atoms. The van der Waals surface area contributed by atoms with Crippen molar-refractivity contribution in [2.45, 2.75) is 44.5 Å². The van der Waals surface area contributed by atoms with Crippen LogP contribution < -0.4 is 4.74 Å². The summed E-state index contributed by atoms with van der Waals surface area (Å²) >= 11 is 1.80. The van der Waals surface area contributed by atoms with Gasteiger partial charge in [0.15, 0.2) is 5.78 Å². The largest absolute Gasteiger partial charge is 0.491 e. The monoisotopic (exact) mass is 264 g/mol. The molecule has 18 heavy (non-hydrogen) atoms. The first-order valence-electron chi connectivity index (χ1n) is 6.59. The smallest absolute Gasteiger partial charge is 0.175 e. The molecule has 2 rings (SSSR count). The van der Waals surface area contributed by atoms with Crippen molar-refractivity contribution in [3.63, 3.8) is 0 Å². The Kier molecular flexibility index (Phi) is 4.70. The first kappa shape index (κ1) is 13.5. The fraction of sp³-hybridized carbons (Fsp3) is 0.533. The number of hydrogen-bond acceptors (Lipinski definition) is 3. The van der Waals surface area contributed by atoms with Crippen molar-refractivity contribution in [1.29, 1.82) is 0 Å². The van der Waals surface area contributed by atoms with E-state index in [4.69, 9.17) is 4.74 Å². The van der Waals surface area contributed by atoms with Crippen molar-refractivity contribution in [1.82, 2.24) is 0 Å². The molecule has 1 saturated heterocycles. The van der Waals surface area contributed by atoms with Gasteiger partial charge in [-0.1, -0.05) is 6.42 Å². The quantitative estimate of drug-likeness (QED) is 0.770. The molecule has 3 heteroatoms. The van der Waals surface area contributed by atoms with Gasteiger partial charge in [0, 0.05) is 5.56 Å². The molecule has 1 aliphatic rings. The summed E-state index contributed by atoms with van der Waals surface area (Å²) in [5, 5.41) is 0.163. The Hall–Kier alpha value is -0.960. The Morgan fingerprint density at radius 2 is 2.00 bits per heavy atom. The van der Waals surface area contributed by atoms with Crippen molar-refractivity contribution >= 4 is 17.5 Å². The molecule has 1 fully saturated rings. The summed E-state index contributed by atoms with van der Waals surface area (Å²) in [6.07, 6.45) is 3.61. The SMILES string of the molecule is CC(C)Oc1ccc(C(=O)C2CCCCS2)cc1. The van der Waals surface area contributed by atoms with Crippen LogP contribution >= 0.6 is 11.8 Å². The minimum Gasteiger partial charge on any atom is -0.491 e. The molecule has 2 nitrogen and oxygen atoms in total. The fourth-order valence-electron chi connectivity index (χ4n) is 2.10. The number of carbonyl (C=O) groups excluding carboxylic acids is 1. The molecule has 0 saturated carbocycles. The zero-order valence-electron chi connectivity index (χ0n) is 11.0. The molecule has 0 amide bonds. The molecule has 1 aliphatic heterocycles. The van der Waals surface area contributed by atoms with E-state index in [1.807, 2.05) is 38.1 Å². The highest BCUT2D eigenvalue weighted by Gasteiger charge is 2.22. The summed E-state index contributed by atoms with van der Waals surface area (Å²) in [6, 6.07) is 7.55. The normalized spacial score (nSPS) is 19.8. The summed E-state index contributed by atoms with van der Waals surface area (Å²) in [7, 11) is 0. The minimum atomic E-state index is 0.163. The van der Waals surface area contributed by atoms with E-state index >= 15 is 0 Å². The number of benzene rings is 1. The van der Waals surface area contributed by atoms with Gasteiger partial charge in [-0.15, -0.1) is 0 Å². The van der Waals surface area contributed by atoms with Gasteiger partial charge in [-0.25, -0.2) is 0 Å². The minimum absolute atomic E-state index is 0.163. The average molecular weight is 264 g/mol. The van der Waals surface area contributed by atoms with Crippen LogP contribution in [0.4, 0.5) is 0 Å². The topological polar surface area (TPSA) is 26.3 Å². The lowest BCUT2D eigenvalue weighted by molar-refractivity contribution is 0.0985. The molecule has 1 unspecified atom stereocenters. The first-order valence-corrected chi connectivity index (χ1v) is 7.64. The summed E-state index contributed by atoms with van der Waals surface area (Å²) in [4.78, 5) is 12.3. The van der Waals surface area contributed by atoms with Gasteiger partial charge in [0.2, 0.25) is 0 Å². The number of Topliss-reactive ketones (excluding diaryl/α,β-unsaturated/α-hetero) is 1. The average Bonchev–Trinajstić information content (AvgIpc) is 2.39. The third-order valence-electron chi connectivity index (χ3n) is 2.98. The van der Waals surface area contributed by atoms with Gasteiger partial charge in [0.25, 0.3) is 0 Å². The highest BCUT2D eigenvalue weighted by Crippen LogP contribution is 2.28. The van der Waals surface area contributed by atoms with Crippen LogP contribution in [0.15, 0.2) is 24.3 Å². The van der Waals surface area contributed by atoms with E-state index in [1.165, 1.54) is 12.8 Å². The van der Waals surface area contributed by atoms with Crippen molar-refractivity contribution in [2.75, 3.05) is 5.75 Å². The van der Waals surface area contributed by atoms with E-state index in [9.17, 15) is 4.79 Å². The first-order chi connectivity index (χ1) is 8.66. The maximum atomic E-state index is 12.3. The fourth-order valence-corrected chi connectivity index (χ4v) is 3.38. The third-order valence-corrected chi connectivity index (χ3v) is 4.36. The third kappa shape index (κ3) is 3.52.